The molecule has 0 rings (SSSR count). The van der Waals surface area contributed by atoms with Crippen LogP contribution in [-0.2, 0) is 24.1 Å². The fourth-order valence-corrected chi connectivity index (χ4v) is 2.02. The van der Waals surface area contributed by atoms with Gasteiger partial charge in [0, 0.05) is 6.26 Å². The number of sulfone groups is 1. The maximum atomic E-state index is 11.9. The third-order valence-electron chi connectivity index (χ3n) is 2.20. The van der Waals surface area contributed by atoms with Crippen molar-refractivity contribution in [2.45, 2.75) is 65.2 Å². The molecule has 0 heterocycles. The molecule has 1 unspecified atom stereocenters. The Bertz CT molecular complexity index is 568. The molecule has 0 saturated heterocycles. The fraction of sp³-hybridized carbons (Fsp3) is 0.733. The number of carbonyl (C=O) groups excluding carboxylic acids is 2. The number of carbonyl (C=O) groups is 2. The molecule has 9 heteroatoms. The molecular weight excluding hydrogens is 358 g/mol. The van der Waals surface area contributed by atoms with Crippen molar-refractivity contribution in [3.63, 3.8) is 0 Å². The molecule has 0 spiro atoms. The number of hydrogen-bond acceptors (Lipinski definition) is 6. The molecular formula is C15H26ClNO6S. The van der Waals surface area contributed by atoms with E-state index in [2.05, 4.69) is 5.32 Å². The molecule has 0 aliphatic carbocycles. The highest BCUT2D eigenvalue weighted by atomic mass is 35.5. The molecule has 0 bridgehead atoms. The monoisotopic (exact) mass is 383 g/mol. The van der Waals surface area contributed by atoms with Gasteiger partial charge in [0.2, 0.25) is 0 Å². The molecule has 0 saturated carbocycles. The zero-order chi connectivity index (χ0) is 19.3. The Kier molecular flexibility index (Phi) is 7.76. The lowest BCUT2D eigenvalue weighted by molar-refractivity contribution is -0.155. The van der Waals surface area contributed by atoms with E-state index in [9.17, 15) is 18.0 Å². The highest BCUT2D eigenvalue weighted by Gasteiger charge is 2.24. The van der Waals surface area contributed by atoms with Crippen LogP contribution in [0.1, 0.15) is 48.0 Å². The van der Waals surface area contributed by atoms with Gasteiger partial charge in [0.05, 0.1) is 12.5 Å². The lowest BCUT2D eigenvalue weighted by Gasteiger charge is -2.24. The Morgan fingerprint density at radius 2 is 1.54 bits per heavy atom. The third-order valence-corrected chi connectivity index (χ3v) is 4.01. The van der Waals surface area contributed by atoms with Gasteiger partial charge in [-0.15, -0.1) is 0 Å². The normalized spacial score (nSPS) is 14.8. The van der Waals surface area contributed by atoms with Gasteiger partial charge in [0.25, 0.3) is 0 Å². The first-order valence-corrected chi connectivity index (χ1v) is 9.55. The summed E-state index contributed by atoms with van der Waals surface area (Å²) < 4.78 is 32.7. The quantitative estimate of drug-likeness (QED) is 0.733. The standard InChI is InChI=1S/C15H26ClNO6S/c1-14(2,3)22-12(18)9-10(8-11(16)24(7,20)21)17-13(19)23-15(4,5)6/h8,10H,9H2,1-7H3,(H,17,19). The summed E-state index contributed by atoms with van der Waals surface area (Å²) in [5.74, 6) is -0.613. The van der Waals surface area contributed by atoms with Gasteiger partial charge in [-0.1, -0.05) is 11.6 Å². The minimum atomic E-state index is -3.66. The predicted octanol–water partition coefficient (Wildman–Crippen LogP) is 2.74. The van der Waals surface area contributed by atoms with E-state index in [1.807, 2.05) is 0 Å². The maximum Gasteiger partial charge on any atom is 0.408 e. The molecule has 0 aromatic rings. The number of esters is 1. The van der Waals surface area contributed by atoms with E-state index in [0.29, 0.717) is 0 Å². The Morgan fingerprint density at radius 1 is 1.08 bits per heavy atom. The first kappa shape index (κ1) is 22.7. The molecule has 1 atom stereocenters. The van der Waals surface area contributed by atoms with Crippen LogP contribution in [0.4, 0.5) is 4.79 Å². The second kappa shape index (κ2) is 8.20. The zero-order valence-electron chi connectivity index (χ0n) is 15.1. The number of alkyl carbamates (subject to hydrolysis) is 1. The largest absolute Gasteiger partial charge is 0.460 e. The van der Waals surface area contributed by atoms with E-state index < -0.39 is 43.5 Å². The Labute approximate surface area is 148 Å². The minimum absolute atomic E-state index is 0.289. The van der Waals surface area contributed by atoms with Crippen LogP contribution in [0.3, 0.4) is 0 Å². The van der Waals surface area contributed by atoms with Crippen LogP contribution in [0.5, 0.6) is 0 Å². The van der Waals surface area contributed by atoms with Crippen molar-refractivity contribution < 1.29 is 27.5 Å². The predicted molar refractivity (Wildman–Crippen MR) is 92.4 cm³/mol. The van der Waals surface area contributed by atoms with Gasteiger partial charge in [-0.2, -0.15) is 0 Å². The van der Waals surface area contributed by atoms with Gasteiger partial charge < -0.3 is 14.8 Å². The minimum Gasteiger partial charge on any atom is -0.460 e. The molecule has 0 aromatic heterocycles. The van der Waals surface area contributed by atoms with Gasteiger partial charge in [-0.25, -0.2) is 13.2 Å². The number of halogens is 1. The van der Waals surface area contributed by atoms with Crippen molar-refractivity contribution in [3.8, 4) is 0 Å². The number of hydrogen-bond donors (Lipinski definition) is 1. The lowest BCUT2D eigenvalue weighted by atomic mass is 10.1. The molecule has 24 heavy (non-hydrogen) atoms. The summed E-state index contributed by atoms with van der Waals surface area (Å²) in [5, 5.41) is 2.41. The molecule has 0 aromatic carbocycles. The average Bonchev–Trinajstić information content (AvgIpc) is 2.20. The molecule has 7 nitrogen and oxygen atoms in total. The molecule has 0 aliphatic rings. The van der Waals surface area contributed by atoms with Crippen LogP contribution < -0.4 is 5.32 Å². The van der Waals surface area contributed by atoms with Crippen molar-refractivity contribution >= 4 is 33.5 Å². The topological polar surface area (TPSA) is 98.8 Å². The average molecular weight is 384 g/mol. The van der Waals surface area contributed by atoms with Gasteiger partial charge >= 0.3 is 12.1 Å². The number of ether oxygens (including phenoxy) is 2. The van der Waals surface area contributed by atoms with E-state index in [1.54, 1.807) is 41.5 Å². The Balaban J connectivity index is 5.24. The van der Waals surface area contributed by atoms with Gasteiger partial charge in [-0.05, 0) is 47.6 Å². The first-order chi connectivity index (χ1) is 10.5. The smallest absolute Gasteiger partial charge is 0.408 e. The number of rotatable bonds is 5. The van der Waals surface area contributed by atoms with Crippen molar-refractivity contribution in [1.82, 2.24) is 5.32 Å². The van der Waals surface area contributed by atoms with Gasteiger partial charge in [0.15, 0.2) is 9.84 Å². The summed E-state index contributed by atoms with van der Waals surface area (Å²) in [6.45, 7) is 10.1. The molecule has 0 fully saturated rings. The number of nitrogens with one attached hydrogen (secondary N) is 1. The van der Waals surface area contributed by atoms with Crippen LogP contribution in [0.15, 0.2) is 10.4 Å². The summed E-state index contributed by atoms with van der Waals surface area (Å²) in [7, 11) is -3.66. The van der Waals surface area contributed by atoms with Crippen molar-refractivity contribution in [3.05, 3.63) is 10.4 Å². The maximum absolute atomic E-state index is 11.9. The molecule has 1 N–H and O–H groups in total. The second-order valence-corrected chi connectivity index (χ2v) is 9.90. The van der Waals surface area contributed by atoms with Crippen LogP contribution in [0.2, 0.25) is 0 Å². The first-order valence-electron chi connectivity index (χ1n) is 7.28. The SMILES string of the molecule is CC(C)(C)OC(=O)CC(C=C(Cl)S(C)(=O)=O)NC(=O)OC(C)(C)C. The lowest BCUT2D eigenvalue weighted by Crippen LogP contribution is -2.40. The summed E-state index contributed by atoms with van der Waals surface area (Å²) in [4.78, 5) is 23.8. The van der Waals surface area contributed by atoms with Gasteiger partial charge in [0.1, 0.15) is 15.6 Å². The molecule has 140 valence electrons. The van der Waals surface area contributed by atoms with E-state index in [1.165, 1.54) is 0 Å². The highest BCUT2D eigenvalue weighted by molar-refractivity contribution is 7.96. The zero-order valence-corrected chi connectivity index (χ0v) is 16.7. The summed E-state index contributed by atoms with van der Waals surface area (Å²) >= 11 is 5.71. The second-order valence-electron chi connectivity index (χ2n) is 7.29. The van der Waals surface area contributed by atoms with Crippen molar-refractivity contribution in [1.29, 1.82) is 0 Å². The highest BCUT2D eigenvalue weighted by Crippen LogP contribution is 2.15. The van der Waals surface area contributed by atoms with Crippen LogP contribution >= 0.6 is 11.6 Å². The van der Waals surface area contributed by atoms with E-state index >= 15 is 0 Å². The van der Waals surface area contributed by atoms with Crippen molar-refractivity contribution in [2.75, 3.05) is 6.26 Å². The van der Waals surface area contributed by atoms with E-state index in [-0.39, 0.29) is 6.42 Å². The Morgan fingerprint density at radius 3 is 1.92 bits per heavy atom. The van der Waals surface area contributed by atoms with E-state index in [0.717, 1.165) is 12.3 Å². The summed E-state index contributed by atoms with van der Waals surface area (Å²) in [6.07, 6.45) is 0.905. The van der Waals surface area contributed by atoms with Crippen LogP contribution in [0.25, 0.3) is 0 Å². The van der Waals surface area contributed by atoms with Crippen LogP contribution in [-0.4, -0.2) is 44.0 Å². The third kappa shape index (κ3) is 11.3. The summed E-state index contributed by atoms with van der Waals surface area (Å²) in [6, 6.07) is -0.989. The van der Waals surface area contributed by atoms with Gasteiger partial charge in [-0.3, -0.25) is 4.79 Å². The Hall–Kier alpha value is -1.28. The molecule has 0 aliphatic heterocycles. The van der Waals surface area contributed by atoms with Crippen LogP contribution in [0, 0.1) is 0 Å². The number of amides is 1. The summed E-state index contributed by atoms with van der Waals surface area (Å²) in [5.41, 5.74) is -1.46. The van der Waals surface area contributed by atoms with E-state index in [4.69, 9.17) is 21.1 Å². The van der Waals surface area contributed by atoms with Crippen molar-refractivity contribution in [2.24, 2.45) is 0 Å². The molecule has 0 radical (unpaired) electrons. The fourth-order valence-electron chi connectivity index (χ4n) is 1.46. The molecule has 1 amide bonds.